The number of nitrogens with two attached hydrogens (primary N) is 1. The SMILES string of the molecule is CCOC(=O)c1c(NC(=O)c2cnn3c(-c4cccs4)ccnc23)sc(C(N)=O)c1C. The van der Waals surface area contributed by atoms with Gasteiger partial charge in [-0.3, -0.25) is 9.59 Å². The molecule has 0 fully saturated rings. The summed E-state index contributed by atoms with van der Waals surface area (Å²) in [4.78, 5) is 42.7. The van der Waals surface area contributed by atoms with Gasteiger partial charge < -0.3 is 15.8 Å². The summed E-state index contributed by atoms with van der Waals surface area (Å²) >= 11 is 2.47. The van der Waals surface area contributed by atoms with Crippen molar-refractivity contribution in [2.45, 2.75) is 13.8 Å². The molecule has 0 atom stereocenters. The van der Waals surface area contributed by atoms with Crippen LogP contribution in [0.4, 0.5) is 5.00 Å². The molecule has 0 unspecified atom stereocenters. The van der Waals surface area contributed by atoms with Crippen LogP contribution in [0.15, 0.2) is 36.0 Å². The van der Waals surface area contributed by atoms with Crippen LogP contribution in [0.1, 0.15) is 42.9 Å². The molecule has 0 aliphatic carbocycles. The zero-order chi connectivity index (χ0) is 22.1. The molecule has 11 heteroatoms. The monoisotopic (exact) mass is 455 g/mol. The second kappa shape index (κ2) is 8.28. The van der Waals surface area contributed by atoms with Gasteiger partial charge in [0.05, 0.1) is 33.8 Å². The first-order valence-electron chi connectivity index (χ1n) is 9.20. The third-order valence-electron chi connectivity index (χ3n) is 4.50. The number of rotatable bonds is 6. The van der Waals surface area contributed by atoms with E-state index in [1.165, 1.54) is 6.20 Å². The summed E-state index contributed by atoms with van der Waals surface area (Å²) < 4.78 is 6.66. The zero-order valence-corrected chi connectivity index (χ0v) is 18.2. The van der Waals surface area contributed by atoms with Crippen LogP contribution in [0, 0.1) is 6.92 Å². The number of carbonyl (C=O) groups is 3. The molecular weight excluding hydrogens is 438 g/mol. The van der Waals surface area contributed by atoms with Crippen molar-refractivity contribution in [2.75, 3.05) is 11.9 Å². The molecule has 4 heterocycles. The van der Waals surface area contributed by atoms with Gasteiger partial charge in [0.25, 0.3) is 11.8 Å². The molecule has 0 aromatic carbocycles. The van der Waals surface area contributed by atoms with Gasteiger partial charge in [0.2, 0.25) is 0 Å². The first-order valence-corrected chi connectivity index (χ1v) is 10.9. The summed E-state index contributed by atoms with van der Waals surface area (Å²) in [6, 6.07) is 5.69. The van der Waals surface area contributed by atoms with Crippen molar-refractivity contribution in [2.24, 2.45) is 5.73 Å². The van der Waals surface area contributed by atoms with Gasteiger partial charge in [-0.25, -0.2) is 14.3 Å². The fourth-order valence-electron chi connectivity index (χ4n) is 3.12. The lowest BCUT2D eigenvalue weighted by Gasteiger charge is -2.07. The number of fused-ring (bicyclic) bond motifs is 1. The summed E-state index contributed by atoms with van der Waals surface area (Å²) in [7, 11) is 0. The lowest BCUT2D eigenvalue weighted by molar-refractivity contribution is 0.0527. The van der Waals surface area contributed by atoms with Gasteiger partial charge in [-0.15, -0.1) is 22.7 Å². The van der Waals surface area contributed by atoms with E-state index in [1.54, 1.807) is 35.9 Å². The van der Waals surface area contributed by atoms with Crippen LogP contribution in [0.25, 0.3) is 16.2 Å². The number of primary amides is 1. The predicted octanol–water partition coefficient (Wildman–Crippen LogP) is 3.36. The van der Waals surface area contributed by atoms with Crippen LogP contribution in [0.5, 0.6) is 0 Å². The zero-order valence-electron chi connectivity index (χ0n) is 16.5. The fraction of sp³-hybridized carbons (Fsp3) is 0.150. The highest BCUT2D eigenvalue weighted by Crippen LogP contribution is 2.34. The average Bonchev–Trinajstić information content (AvgIpc) is 3.46. The fourth-order valence-corrected chi connectivity index (χ4v) is 4.90. The van der Waals surface area contributed by atoms with E-state index in [9.17, 15) is 14.4 Å². The second-order valence-corrected chi connectivity index (χ2v) is 8.37. The van der Waals surface area contributed by atoms with Crippen molar-refractivity contribution in [3.63, 3.8) is 0 Å². The van der Waals surface area contributed by atoms with E-state index >= 15 is 0 Å². The molecule has 0 aliphatic rings. The Bertz CT molecular complexity index is 1310. The molecule has 0 bridgehead atoms. The van der Waals surface area contributed by atoms with Gasteiger partial charge in [0.1, 0.15) is 10.6 Å². The maximum Gasteiger partial charge on any atom is 0.341 e. The van der Waals surface area contributed by atoms with Crippen LogP contribution in [0.3, 0.4) is 0 Å². The highest BCUT2D eigenvalue weighted by molar-refractivity contribution is 7.18. The summed E-state index contributed by atoms with van der Waals surface area (Å²) in [5.41, 5.74) is 7.28. The van der Waals surface area contributed by atoms with E-state index in [2.05, 4.69) is 15.4 Å². The summed E-state index contributed by atoms with van der Waals surface area (Å²) in [6.07, 6.45) is 3.02. The average molecular weight is 456 g/mol. The van der Waals surface area contributed by atoms with Gasteiger partial charge >= 0.3 is 5.97 Å². The van der Waals surface area contributed by atoms with Crippen molar-refractivity contribution < 1.29 is 19.1 Å². The van der Waals surface area contributed by atoms with Crippen LogP contribution in [0.2, 0.25) is 0 Å². The molecule has 4 aromatic rings. The van der Waals surface area contributed by atoms with Gasteiger partial charge in [0, 0.05) is 6.20 Å². The quantitative estimate of drug-likeness (QED) is 0.429. The van der Waals surface area contributed by atoms with Crippen LogP contribution in [-0.4, -0.2) is 39.0 Å². The third-order valence-corrected chi connectivity index (χ3v) is 6.61. The molecule has 0 saturated heterocycles. The van der Waals surface area contributed by atoms with Crippen molar-refractivity contribution in [1.82, 2.24) is 14.6 Å². The molecule has 3 N–H and O–H groups in total. The normalized spacial score (nSPS) is 10.9. The van der Waals surface area contributed by atoms with E-state index in [1.807, 2.05) is 23.6 Å². The molecule has 0 radical (unpaired) electrons. The van der Waals surface area contributed by atoms with E-state index in [0.717, 1.165) is 21.9 Å². The number of nitrogens with zero attached hydrogens (tertiary/aromatic N) is 3. The smallest absolute Gasteiger partial charge is 0.341 e. The second-order valence-electron chi connectivity index (χ2n) is 6.40. The van der Waals surface area contributed by atoms with Gasteiger partial charge in [-0.2, -0.15) is 5.10 Å². The molecule has 9 nitrogen and oxygen atoms in total. The number of ether oxygens (including phenoxy) is 1. The van der Waals surface area contributed by atoms with Crippen LogP contribution < -0.4 is 11.1 Å². The highest BCUT2D eigenvalue weighted by atomic mass is 32.1. The Kier molecular flexibility index (Phi) is 5.53. The Balaban J connectivity index is 1.73. The van der Waals surface area contributed by atoms with Crippen molar-refractivity contribution in [3.05, 3.63) is 57.5 Å². The van der Waals surface area contributed by atoms with Gasteiger partial charge in [-0.1, -0.05) is 6.07 Å². The topological polar surface area (TPSA) is 129 Å². The van der Waals surface area contributed by atoms with Gasteiger partial charge in [-0.05, 0) is 36.9 Å². The Morgan fingerprint density at radius 1 is 1.29 bits per heavy atom. The number of thiophene rings is 2. The highest BCUT2D eigenvalue weighted by Gasteiger charge is 2.27. The van der Waals surface area contributed by atoms with Crippen LogP contribution >= 0.6 is 22.7 Å². The van der Waals surface area contributed by atoms with E-state index in [4.69, 9.17) is 10.5 Å². The molecule has 31 heavy (non-hydrogen) atoms. The lowest BCUT2D eigenvalue weighted by Crippen LogP contribution is -2.15. The van der Waals surface area contributed by atoms with E-state index in [0.29, 0.717) is 11.2 Å². The Morgan fingerprint density at radius 2 is 2.10 bits per heavy atom. The maximum atomic E-state index is 13.0. The number of hydrogen-bond acceptors (Lipinski definition) is 8. The number of hydrogen-bond donors (Lipinski definition) is 2. The Hall–Kier alpha value is -3.57. The molecule has 0 spiro atoms. The minimum Gasteiger partial charge on any atom is -0.462 e. The number of nitrogens with one attached hydrogen (secondary N) is 1. The summed E-state index contributed by atoms with van der Waals surface area (Å²) in [6.45, 7) is 3.41. The number of carbonyl (C=O) groups excluding carboxylic acids is 3. The lowest BCUT2D eigenvalue weighted by atomic mass is 10.1. The van der Waals surface area contributed by atoms with E-state index < -0.39 is 17.8 Å². The largest absolute Gasteiger partial charge is 0.462 e. The van der Waals surface area contributed by atoms with Crippen LogP contribution in [-0.2, 0) is 4.74 Å². The first-order chi connectivity index (χ1) is 14.9. The van der Waals surface area contributed by atoms with Gasteiger partial charge in [0.15, 0.2) is 5.65 Å². The maximum absolute atomic E-state index is 13.0. The number of esters is 1. The molecule has 0 saturated carbocycles. The predicted molar refractivity (Wildman–Crippen MR) is 118 cm³/mol. The molecule has 0 aliphatic heterocycles. The minimum atomic E-state index is -0.688. The molecule has 2 amide bonds. The van der Waals surface area contributed by atoms with Crippen molar-refractivity contribution in [1.29, 1.82) is 0 Å². The summed E-state index contributed by atoms with van der Waals surface area (Å²) in [5, 5.41) is 9.14. The molecule has 4 aromatic heterocycles. The molecule has 4 rings (SSSR count). The summed E-state index contributed by atoms with van der Waals surface area (Å²) in [5.74, 6) is -1.85. The Labute approximate surface area is 184 Å². The number of aromatic nitrogens is 3. The standard InChI is InChI=1S/C20H17N5O4S2/c1-3-29-20(28)14-10(2)15(16(21)26)31-19(14)24-18(27)11-9-23-25-12(6-7-22-17(11)25)13-5-4-8-30-13/h4-9H,3H2,1-2H3,(H2,21,26)(H,24,27). The first kappa shape index (κ1) is 20.7. The van der Waals surface area contributed by atoms with Crippen molar-refractivity contribution in [3.8, 4) is 10.6 Å². The van der Waals surface area contributed by atoms with E-state index in [-0.39, 0.29) is 27.6 Å². The molecule has 158 valence electrons. The number of amides is 2. The Morgan fingerprint density at radius 3 is 2.77 bits per heavy atom. The minimum absolute atomic E-state index is 0.109. The van der Waals surface area contributed by atoms with Crippen molar-refractivity contribution >= 4 is 51.1 Å². The third kappa shape index (κ3) is 3.68. The molecular formula is C20H17N5O4S2. The number of anilines is 1.